The molecule has 2 N–H and O–H groups in total. The molecule has 8 nitrogen and oxygen atoms in total. The number of aliphatic hydroxyl groups is 2. The predicted octanol–water partition coefficient (Wildman–Crippen LogP) is 3.30. The van der Waals surface area contributed by atoms with Gasteiger partial charge in [0, 0.05) is 24.2 Å². The van der Waals surface area contributed by atoms with Gasteiger partial charge in [0.15, 0.2) is 0 Å². The average molecular weight is 379 g/mol. The number of unbranched alkanes of at least 4 members (excludes halogenated alkanes) is 4. The number of rotatable bonds is 11. The molecule has 1 aliphatic heterocycles. The minimum atomic E-state index is -0.461. The van der Waals surface area contributed by atoms with Gasteiger partial charge in [0.05, 0.1) is 17.6 Å². The van der Waals surface area contributed by atoms with Crippen molar-refractivity contribution in [1.29, 1.82) is 0 Å². The van der Waals surface area contributed by atoms with Crippen LogP contribution in [-0.2, 0) is 6.42 Å². The van der Waals surface area contributed by atoms with E-state index < -0.39 is 4.92 Å². The third kappa shape index (κ3) is 6.64. The number of nitro benzene ring substituents is 1. The lowest BCUT2D eigenvalue weighted by Gasteiger charge is -2.36. The molecule has 8 heteroatoms. The van der Waals surface area contributed by atoms with Gasteiger partial charge in [-0.1, -0.05) is 19.3 Å². The van der Waals surface area contributed by atoms with Crippen molar-refractivity contribution >= 4 is 11.4 Å². The van der Waals surface area contributed by atoms with Gasteiger partial charge >= 0.3 is 0 Å². The molecule has 27 heavy (non-hydrogen) atoms. The number of nitrogens with zero attached hydrogens (tertiary/aromatic N) is 3. The Morgan fingerprint density at radius 2 is 1.96 bits per heavy atom. The lowest BCUT2D eigenvalue weighted by Crippen LogP contribution is -2.46. The van der Waals surface area contributed by atoms with Crippen LogP contribution in [-0.4, -0.2) is 51.9 Å². The van der Waals surface area contributed by atoms with Crippen LogP contribution in [0.4, 0.5) is 11.4 Å². The van der Waals surface area contributed by atoms with Gasteiger partial charge in [-0.2, -0.15) is 0 Å². The number of nitroso groups, excluding NO2 is 1. The molecule has 0 bridgehead atoms. The number of nitro groups is 1. The lowest BCUT2D eigenvalue weighted by atomic mass is 9.99. The standard InChI is InChI=1S/C19H29N3O5/c23-14-17-13-18(24)9-11-21(17)10-5-3-1-2-4-6-15-7-8-16(20-25)12-19(15)22(26)27/h7-8,12,17-18,23-24H,1-6,9-11,13-14H2/t17-,18?/m0/s1. The monoisotopic (exact) mass is 379 g/mol. The maximum absolute atomic E-state index is 11.1. The Morgan fingerprint density at radius 1 is 1.22 bits per heavy atom. The van der Waals surface area contributed by atoms with Gasteiger partial charge in [-0.15, -0.1) is 4.91 Å². The first kappa shape index (κ1) is 21.4. The second-order valence-corrected chi connectivity index (χ2v) is 7.23. The van der Waals surface area contributed by atoms with Crippen molar-refractivity contribution < 1.29 is 15.1 Å². The number of hydrogen-bond acceptors (Lipinski definition) is 7. The van der Waals surface area contributed by atoms with Gasteiger partial charge in [-0.25, -0.2) is 0 Å². The zero-order valence-electron chi connectivity index (χ0n) is 15.6. The van der Waals surface area contributed by atoms with Crippen molar-refractivity contribution in [2.24, 2.45) is 5.18 Å². The summed E-state index contributed by atoms with van der Waals surface area (Å²) in [5, 5.41) is 33.0. The van der Waals surface area contributed by atoms with E-state index in [2.05, 4.69) is 10.1 Å². The first-order valence-corrected chi connectivity index (χ1v) is 9.68. The molecule has 1 heterocycles. The van der Waals surface area contributed by atoms with Crippen LogP contribution in [0.5, 0.6) is 0 Å². The van der Waals surface area contributed by atoms with Crippen LogP contribution in [0.25, 0.3) is 0 Å². The highest BCUT2D eigenvalue weighted by Gasteiger charge is 2.26. The largest absolute Gasteiger partial charge is 0.395 e. The van der Waals surface area contributed by atoms with E-state index in [9.17, 15) is 25.2 Å². The van der Waals surface area contributed by atoms with Crippen molar-refractivity contribution in [3.8, 4) is 0 Å². The topological polar surface area (TPSA) is 116 Å². The Labute approximate surface area is 159 Å². The van der Waals surface area contributed by atoms with Crippen molar-refractivity contribution in [3.05, 3.63) is 38.8 Å². The van der Waals surface area contributed by atoms with E-state index in [1.54, 1.807) is 6.07 Å². The van der Waals surface area contributed by atoms with Gasteiger partial charge < -0.3 is 10.2 Å². The molecule has 0 radical (unpaired) electrons. The van der Waals surface area contributed by atoms with Crippen LogP contribution in [0.3, 0.4) is 0 Å². The maximum atomic E-state index is 11.1. The molecule has 1 aliphatic rings. The van der Waals surface area contributed by atoms with Crippen molar-refractivity contribution in [2.45, 2.75) is 63.5 Å². The zero-order chi connectivity index (χ0) is 19.6. The van der Waals surface area contributed by atoms with Crippen LogP contribution in [0.2, 0.25) is 0 Å². The smallest absolute Gasteiger partial charge is 0.274 e. The summed E-state index contributed by atoms with van der Waals surface area (Å²) in [7, 11) is 0. The quantitative estimate of drug-likeness (QED) is 0.264. The van der Waals surface area contributed by atoms with E-state index in [0.29, 0.717) is 18.4 Å². The molecule has 0 spiro atoms. The summed E-state index contributed by atoms with van der Waals surface area (Å²) >= 11 is 0. The van der Waals surface area contributed by atoms with E-state index in [4.69, 9.17) is 0 Å². The SMILES string of the molecule is O=Nc1ccc(CCCCCCCN2CCC(O)C[C@H]2CO)c([N+](=O)[O-])c1. The Bertz CT molecular complexity index is 625. The summed E-state index contributed by atoms with van der Waals surface area (Å²) in [6.07, 6.45) is 6.78. The summed E-state index contributed by atoms with van der Waals surface area (Å²) < 4.78 is 0. The maximum Gasteiger partial charge on any atom is 0.274 e. The van der Waals surface area contributed by atoms with Crippen LogP contribution < -0.4 is 0 Å². The highest BCUT2D eigenvalue weighted by molar-refractivity contribution is 5.52. The Kier molecular flexibility index (Phi) is 8.77. The highest BCUT2D eigenvalue weighted by atomic mass is 16.6. The number of benzene rings is 1. The molecule has 2 atom stereocenters. The number of hydrogen-bond donors (Lipinski definition) is 2. The van der Waals surface area contributed by atoms with Crippen molar-refractivity contribution in [2.75, 3.05) is 19.7 Å². The van der Waals surface area contributed by atoms with E-state index >= 15 is 0 Å². The lowest BCUT2D eigenvalue weighted by molar-refractivity contribution is -0.385. The fraction of sp³-hybridized carbons (Fsp3) is 0.684. The minimum absolute atomic E-state index is 0.0329. The fourth-order valence-electron chi connectivity index (χ4n) is 3.71. The predicted molar refractivity (Wildman–Crippen MR) is 103 cm³/mol. The third-order valence-corrected chi connectivity index (χ3v) is 5.28. The van der Waals surface area contributed by atoms with Crippen LogP contribution in [0.1, 0.15) is 50.5 Å². The first-order valence-electron chi connectivity index (χ1n) is 9.68. The molecule has 0 aliphatic carbocycles. The number of piperidine rings is 1. The molecule has 150 valence electrons. The van der Waals surface area contributed by atoms with Gasteiger partial charge in [0.1, 0.15) is 5.69 Å². The van der Waals surface area contributed by atoms with E-state index in [1.807, 2.05) is 0 Å². The molecule has 1 fully saturated rings. The molecule has 2 rings (SSSR count). The second kappa shape index (κ2) is 11.1. The van der Waals surface area contributed by atoms with Gasteiger partial charge in [-0.3, -0.25) is 15.0 Å². The second-order valence-electron chi connectivity index (χ2n) is 7.23. The molecular formula is C19H29N3O5. The number of likely N-dealkylation sites (tertiary alicyclic amines) is 1. The average Bonchev–Trinajstić information content (AvgIpc) is 2.67. The number of aryl methyl sites for hydroxylation is 1. The molecule has 0 saturated carbocycles. The Morgan fingerprint density at radius 3 is 2.67 bits per heavy atom. The zero-order valence-corrected chi connectivity index (χ0v) is 15.6. The summed E-state index contributed by atoms with van der Waals surface area (Å²) in [5.41, 5.74) is 0.691. The fourth-order valence-corrected chi connectivity index (χ4v) is 3.71. The van der Waals surface area contributed by atoms with Crippen LogP contribution >= 0.6 is 0 Å². The van der Waals surface area contributed by atoms with E-state index in [-0.39, 0.29) is 30.1 Å². The molecule has 0 amide bonds. The molecule has 1 aromatic rings. The summed E-state index contributed by atoms with van der Waals surface area (Å²) in [5.74, 6) is 0. The Hall–Kier alpha value is -1.90. The van der Waals surface area contributed by atoms with Gasteiger partial charge in [-0.05, 0) is 56.0 Å². The molecule has 1 aromatic carbocycles. The van der Waals surface area contributed by atoms with Gasteiger partial charge in [0.25, 0.3) is 5.69 Å². The highest BCUT2D eigenvalue weighted by Crippen LogP contribution is 2.26. The molecular weight excluding hydrogens is 350 g/mol. The van der Waals surface area contributed by atoms with E-state index in [0.717, 1.165) is 51.6 Å². The molecule has 0 aromatic heterocycles. The summed E-state index contributed by atoms with van der Waals surface area (Å²) in [6.45, 7) is 1.86. The van der Waals surface area contributed by atoms with Crippen LogP contribution in [0.15, 0.2) is 23.4 Å². The Balaban J connectivity index is 1.65. The molecule has 1 saturated heterocycles. The number of aliphatic hydroxyl groups excluding tert-OH is 2. The van der Waals surface area contributed by atoms with Crippen molar-refractivity contribution in [3.63, 3.8) is 0 Å². The van der Waals surface area contributed by atoms with Gasteiger partial charge in [0.2, 0.25) is 0 Å². The summed E-state index contributed by atoms with van der Waals surface area (Å²) in [6, 6.07) is 4.44. The minimum Gasteiger partial charge on any atom is -0.395 e. The van der Waals surface area contributed by atoms with Crippen molar-refractivity contribution in [1.82, 2.24) is 4.90 Å². The third-order valence-electron chi connectivity index (χ3n) is 5.28. The van der Waals surface area contributed by atoms with E-state index in [1.165, 1.54) is 12.1 Å². The summed E-state index contributed by atoms with van der Waals surface area (Å²) in [4.78, 5) is 23.4. The molecule has 1 unspecified atom stereocenters. The first-order chi connectivity index (χ1) is 13.0. The normalized spacial score (nSPS) is 20.5. The van der Waals surface area contributed by atoms with Crippen LogP contribution in [0, 0.1) is 15.0 Å².